The predicted octanol–water partition coefficient (Wildman–Crippen LogP) is 6.29. The van der Waals surface area contributed by atoms with Gasteiger partial charge in [-0.1, -0.05) is 19.3 Å². The molecule has 0 N–H and O–H groups in total. The summed E-state index contributed by atoms with van der Waals surface area (Å²) in [6.07, 6.45) is -6.09. The summed E-state index contributed by atoms with van der Waals surface area (Å²) in [6, 6.07) is 0. The van der Waals surface area contributed by atoms with Gasteiger partial charge in [0.2, 0.25) is 0 Å². The second kappa shape index (κ2) is 22.4. The summed E-state index contributed by atoms with van der Waals surface area (Å²) in [5.74, 6) is -2.97. The lowest BCUT2D eigenvalue weighted by molar-refractivity contribution is -0.777. The van der Waals surface area contributed by atoms with Crippen molar-refractivity contribution in [3.05, 3.63) is 0 Å². The molecular formula is C34H42F11O15S3-3. The van der Waals surface area contributed by atoms with Gasteiger partial charge >= 0.3 is 46.2 Å². The van der Waals surface area contributed by atoms with E-state index in [0.717, 1.165) is 64.2 Å². The maximum absolute atomic E-state index is 13.8. The number of fused-ring (bicyclic) bond motifs is 6. The highest BCUT2D eigenvalue weighted by Gasteiger charge is 2.79. The summed E-state index contributed by atoms with van der Waals surface area (Å²) >= 11 is -2.53. The predicted molar refractivity (Wildman–Crippen MR) is 183 cm³/mol. The summed E-state index contributed by atoms with van der Waals surface area (Å²) in [5, 5.41) is 30.1. The Morgan fingerprint density at radius 2 is 0.825 bits per heavy atom. The third kappa shape index (κ3) is 13.3. The van der Waals surface area contributed by atoms with Gasteiger partial charge in [0.25, 0.3) is 5.00 Å². The first-order chi connectivity index (χ1) is 29.3. The van der Waals surface area contributed by atoms with Crippen molar-refractivity contribution >= 4 is 54.0 Å². The van der Waals surface area contributed by atoms with E-state index in [1.807, 2.05) is 0 Å². The highest BCUT2D eigenvalue weighted by atomic mass is 32.2. The number of hydrogen-bond donors (Lipinski definition) is 0. The Labute approximate surface area is 364 Å². The van der Waals surface area contributed by atoms with Crippen molar-refractivity contribution in [1.82, 2.24) is 0 Å². The number of carbonyl (C=O) groups excluding carboxylic acids is 3. The van der Waals surface area contributed by atoms with Crippen molar-refractivity contribution < 1.29 is 121 Å². The third-order valence-electron chi connectivity index (χ3n) is 12.6. The SMILES string of the molecule is CC(F)(SOO[O-])C(=O)OCC1CC2CCC1C2.O=C(OCC1CC2CCC1C2)C(F)(SOO[O-])C(F)(F)F.O=C(OCC1CC2CCC1C2)C(SOO[O-])(C(F)(F)F)C(F)(F)F. The first kappa shape index (κ1) is 53.9. The monoisotopic (exact) mass is 995 g/mol. The second-order valence-corrected chi connectivity index (χ2v) is 19.3. The molecule has 0 aromatic rings. The molecule has 366 valence electrons. The van der Waals surface area contributed by atoms with Crippen molar-refractivity contribution in [2.75, 3.05) is 19.8 Å². The minimum absolute atomic E-state index is 0.00870. The number of carbonyl (C=O) groups is 3. The van der Waals surface area contributed by atoms with E-state index in [-0.39, 0.29) is 43.0 Å². The van der Waals surface area contributed by atoms with Crippen LogP contribution in [0, 0.1) is 53.3 Å². The molecule has 0 aromatic heterocycles. The van der Waals surface area contributed by atoms with Gasteiger partial charge in [0, 0.05) is 0 Å². The molecule has 0 aliphatic heterocycles. The van der Waals surface area contributed by atoms with Crippen molar-refractivity contribution in [2.45, 2.75) is 117 Å². The zero-order valence-corrected chi connectivity index (χ0v) is 35.3. The highest BCUT2D eigenvalue weighted by molar-refractivity contribution is 7.97. The second-order valence-electron chi connectivity index (χ2n) is 16.4. The first-order valence-corrected chi connectivity index (χ1v) is 21.6. The van der Waals surface area contributed by atoms with Crippen LogP contribution in [-0.4, -0.2) is 71.0 Å². The van der Waals surface area contributed by atoms with Gasteiger partial charge < -0.3 is 30.0 Å². The van der Waals surface area contributed by atoms with Crippen LogP contribution in [0.15, 0.2) is 0 Å². The Bertz CT molecular complexity index is 1500. The van der Waals surface area contributed by atoms with Crippen LogP contribution in [0.25, 0.3) is 0 Å². The van der Waals surface area contributed by atoms with Gasteiger partial charge in [-0.25, -0.2) is 23.2 Å². The molecule has 11 atom stereocenters. The minimum Gasteiger partial charge on any atom is -0.691 e. The van der Waals surface area contributed by atoms with Crippen LogP contribution in [0.5, 0.6) is 0 Å². The molecule has 29 heteroatoms. The van der Waals surface area contributed by atoms with Gasteiger partial charge in [-0.15, -0.1) is 0 Å². The lowest BCUT2D eigenvalue weighted by Gasteiger charge is -2.33. The van der Waals surface area contributed by atoms with Gasteiger partial charge in [-0.05, 0) is 118 Å². The van der Waals surface area contributed by atoms with Gasteiger partial charge in [-0.3, -0.25) is 15.1 Å². The van der Waals surface area contributed by atoms with Crippen LogP contribution in [0.1, 0.15) is 84.0 Å². The fourth-order valence-corrected chi connectivity index (χ4v) is 10.6. The number of alkyl halides is 11. The fraction of sp³-hybridized carbons (Fsp3) is 0.912. The summed E-state index contributed by atoms with van der Waals surface area (Å²) in [4.78, 5) is 34.6. The largest absolute Gasteiger partial charge is 0.691 e. The molecule has 0 aromatic carbocycles. The molecular weight excluding hydrogens is 954 g/mol. The molecule has 0 saturated heterocycles. The van der Waals surface area contributed by atoms with Crippen LogP contribution in [-0.2, 0) is 56.7 Å². The Balaban J connectivity index is 0.000000209. The van der Waals surface area contributed by atoms with E-state index in [2.05, 4.69) is 37.6 Å². The lowest BCUT2D eigenvalue weighted by atomic mass is 9.89. The topological polar surface area (TPSA) is 203 Å². The molecule has 6 fully saturated rings. The van der Waals surface area contributed by atoms with Crippen molar-refractivity contribution in [2.24, 2.45) is 53.3 Å². The van der Waals surface area contributed by atoms with Gasteiger partial charge in [0.15, 0.2) is 0 Å². The maximum Gasteiger partial charge on any atom is 0.446 e. The molecule has 0 amide bonds. The molecule has 0 heterocycles. The quantitative estimate of drug-likeness (QED) is 0.0370. The minimum atomic E-state index is -6.11. The van der Waals surface area contributed by atoms with Crippen molar-refractivity contribution in [3.63, 3.8) is 0 Å². The summed E-state index contributed by atoms with van der Waals surface area (Å²) in [7, 11) is 0. The maximum atomic E-state index is 13.8. The van der Waals surface area contributed by atoms with Gasteiger partial charge in [0.05, 0.1) is 55.9 Å². The van der Waals surface area contributed by atoms with E-state index in [4.69, 9.17) is 4.74 Å². The average Bonchev–Trinajstić information content (AvgIpc) is 4.09. The zero-order valence-electron chi connectivity index (χ0n) is 32.8. The third-order valence-corrected chi connectivity index (χ3v) is 15.0. The smallest absolute Gasteiger partial charge is 0.446 e. The molecule has 0 radical (unpaired) electrons. The number of esters is 3. The number of rotatable bonds is 18. The molecule has 63 heavy (non-hydrogen) atoms. The lowest BCUT2D eigenvalue weighted by Crippen LogP contribution is -2.60. The zero-order chi connectivity index (χ0) is 47.0. The summed E-state index contributed by atoms with van der Waals surface area (Å²) < 4.78 is 162. The Kier molecular flexibility index (Phi) is 19.2. The molecule has 11 unspecified atom stereocenters. The molecule has 6 aliphatic carbocycles. The first-order valence-electron chi connectivity index (χ1n) is 19.4. The summed E-state index contributed by atoms with van der Waals surface area (Å²) in [6.45, 7) is 0.422. The Morgan fingerprint density at radius 3 is 1.14 bits per heavy atom. The van der Waals surface area contributed by atoms with Crippen molar-refractivity contribution in [3.8, 4) is 0 Å². The van der Waals surface area contributed by atoms with Gasteiger partial charge in [-0.2, -0.15) is 52.5 Å². The van der Waals surface area contributed by atoms with E-state index in [0.29, 0.717) is 36.0 Å². The standard InChI is InChI=1S/C12H14F6O5S.C11H14F4O5S.C11H17FO5S/c13-11(14,15)10(12(16,17)18,24-23-22-20)9(19)21-5-8-4-6-1-2-7(8)3-6;12-10(11(13,14)15,21-20-19-17)9(16)18-5-8-4-6-1-2-7(8)3-6;1-11(12,18-17-16-14)10(13)15-6-9-5-7-2-3-8(9)4-7/h6-8,20H,1-5H2;6-8,17H,1-5H2;7-9,14H,2-6H2,1H3/p-3. The molecule has 6 rings (SSSR count). The van der Waals surface area contributed by atoms with E-state index in [1.165, 1.54) is 19.3 Å². The normalized spacial score (nSPS) is 30.4. The molecule has 6 bridgehead atoms. The van der Waals surface area contributed by atoms with E-state index < -0.39 is 81.9 Å². The Morgan fingerprint density at radius 1 is 0.476 bits per heavy atom. The number of ether oxygens (including phenoxy) is 3. The van der Waals surface area contributed by atoms with Crippen LogP contribution in [0.3, 0.4) is 0 Å². The van der Waals surface area contributed by atoms with E-state index in [9.17, 15) is 78.4 Å². The van der Waals surface area contributed by atoms with Crippen molar-refractivity contribution in [1.29, 1.82) is 0 Å². The van der Waals surface area contributed by atoms with Crippen LogP contribution < -0.4 is 15.8 Å². The number of halogens is 11. The number of hydrogen-bond acceptors (Lipinski definition) is 18. The molecule has 6 saturated carbocycles. The van der Waals surface area contributed by atoms with Crippen LogP contribution in [0.2, 0.25) is 0 Å². The summed E-state index contributed by atoms with van der Waals surface area (Å²) in [5.41, 5.74) is 0. The molecule has 15 nitrogen and oxygen atoms in total. The van der Waals surface area contributed by atoms with E-state index in [1.54, 1.807) is 0 Å². The Hall–Kier alpha value is -1.67. The van der Waals surface area contributed by atoms with E-state index >= 15 is 0 Å². The van der Waals surface area contributed by atoms with Crippen LogP contribution in [0.4, 0.5) is 48.3 Å². The highest BCUT2D eigenvalue weighted by Crippen LogP contribution is 2.55. The fourth-order valence-electron chi connectivity index (χ4n) is 9.57. The van der Waals surface area contributed by atoms with Crippen LogP contribution >= 0.6 is 36.1 Å². The molecule has 0 spiro atoms. The molecule has 6 aliphatic rings. The van der Waals surface area contributed by atoms with Gasteiger partial charge in [0.1, 0.15) is 0 Å². The average molecular weight is 996 g/mol.